The van der Waals surface area contributed by atoms with E-state index in [1.54, 1.807) is 12.1 Å². The van der Waals surface area contributed by atoms with E-state index in [0.717, 1.165) is 11.4 Å². The number of nitriles is 1. The third-order valence-electron chi connectivity index (χ3n) is 3.78. The molecule has 2 aromatic carbocycles. The molecule has 0 saturated carbocycles. The highest BCUT2D eigenvalue weighted by atomic mass is 15.1. The standard InChI is InChI=1S/C20H19N5/c1-14(2)16-6-8-17(9-7-16)24-19-11-20(23-13-22-19)25-18-5-3-4-15(10-18)12-21/h3-11,13-14H,1-2H3,(H2,22,23,24,25). The van der Waals surface area contributed by atoms with Gasteiger partial charge in [-0.25, -0.2) is 9.97 Å². The van der Waals surface area contributed by atoms with E-state index in [2.05, 4.69) is 52.7 Å². The molecule has 0 unspecified atom stereocenters. The van der Waals surface area contributed by atoms with Crippen molar-refractivity contribution in [2.45, 2.75) is 19.8 Å². The van der Waals surface area contributed by atoms with Crippen molar-refractivity contribution >= 4 is 23.0 Å². The van der Waals surface area contributed by atoms with Crippen molar-refractivity contribution in [3.05, 3.63) is 72.1 Å². The van der Waals surface area contributed by atoms with Gasteiger partial charge < -0.3 is 10.6 Å². The number of aromatic nitrogens is 2. The van der Waals surface area contributed by atoms with E-state index in [-0.39, 0.29) is 0 Å². The molecule has 5 nitrogen and oxygen atoms in total. The zero-order valence-electron chi connectivity index (χ0n) is 14.2. The molecule has 2 N–H and O–H groups in total. The molecule has 5 heteroatoms. The minimum absolute atomic E-state index is 0.507. The second kappa shape index (κ2) is 7.45. The van der Waals surface area contributed by atoms with Gasteiger partial charge in [0.05, 0.1) is 11.6 Å². The second-order valence-corrected chi connectivity index (χ2v) is 6.01. The van der Waals surface area contributed by atoms with E-state index < -0.39 is 0 Å². The lowest BCUT2D eigenvalue weighted by molar-refractivity contribution is 0.867. The fraction of sp³-hybridized carbons (Fsp3) is 0.150. The maximum atomic E-state index is 8.98. The first-order chi connectivity index (χ1) is 12.1. The van der Waals surface area contributed by atoms with E-state index in [1.165, 1.54) is 11.9 Å². The Morgan fingerprint density at radius 3 is 2.20 bits per heavy atom. The number of rotatable bonds is 5. The van der Waals surface area contributed by atoms with Crippen LogP contribution in [0.1, 0.15) is 30.9 Å². The van der Waals surface area contributed by atoms with Crippen LogP contribution in [0.5, 0.6) is 0 Å². The third-order valence-corrected chi connectivity index (χ3v) is 3.78. The summed E-state index contributed by atoms with van der Waals surface area (Å²) in [6.45, 7) is 4.35. The van der Waals surface area contributed by atoms with Gasteiger partial charge in [0.25, 0.3) is 0 Å². The fourth-order valence-electron chi connectivity index (χ4n) is 2.41. The zero-order valence-corrected chi connectivity index (χ0v) is 14.2. The molecule has 0 amide bonds. The van der Waals surface area contributed by atoms with Crippen LogP contribution in [0.4, 0.5) is 23.0 Å². The largest absolute Gasteiger partial charge is 0.340 e. The summed E-state index contributed by atoms with van der Waals surface area (Å²) in [6.07, 6.45) is 1.50. The predicted octanol–water partition coefficient (Wildman–Crippen LogP) is 4.96. The summed E-state index contributed by atoms with van der Waals surface area (Å²) in [5.41, 5.74) is 3.68. The van der Waals surface area contributed by atoms with Gasteiger partial charge in [-0.15, -0.1) is 0 Å². The molecular formula is C20H19N5. The molecule has 0 saturated heterocycles. The Balaban J connectivity index is 1.73. The Kier molecular flexibility index (Phi) is 4.91. The van der Waals surface area contributed by atoms with Crippen molar-refractivity contribution in [1.82, 2.24) is 9.97 Å². The van der Waals surface area contributed by atoms with Crippen LogP contribution < -0.4 is 10.6 Å². The summed E-state index contributed by atoms with van der Waals surface area (Å²) in [6, 6.07) is 19.5. The van der Waals surface area contributed by atoms with Crippen molar-refractivity contribution < 1.29 is 0 Å². The first-order valence-electron chi connectivity index (χ1n) is 8.10. The predicted molar refractivity (Wildman–Crippen MR) is 100 cm³/mol. The van der Waals surface area contributed by atoms with E-state index in [9.17, 15) is 0 Å². The Morgan fingerprint density at radius 2 is 1.56 bits per heavy atom. The molecule has 0 aliphatic rings. The number of benzene rings is 2. The molecule has 3 rings (SSSR count). The Morgan fingerprint density at radius 1 is 0.880 bits per heavy atom. The van der Waals surface area contributed by atoms with Gasteiger partial charge in [-0.1, -0.05) is 32.0 Å². The Bertz CT molecular complexity index is 894. The van der Waals surface area contributed by atoms with Crippen LogP contribution >= 0.6 is 0 Å². The van der Waals surface area contributed by atoms with Crippen molar-refractivity contribution in [2.24, 2.45) is 0 Å². The van der Waals surface area contributed by atoms with Gasteiger partial charge in [0.15, 0.2) is 0 Å². The SMILES string of the molecule is CC(C)c1ccc(Nc2cc(Nc3cccc(C#N)c3)ncn2)cc1. The van der Waals surface area contributed by atoms with Crippen LogP contribution in [0.2, 0.25) is 0 Å². The molecule has 25 heavy (non-hydrogen) atoms. The summed E-state index contributed by atoms with van der Waals surface area (Å²) in [5, 5.41) is 15.4. The molecule has 3 aromatic rings. The fourth-order valence-corrected chi connectivity index (χ4v) is 2.41. The molecule has 0 fully saturated rings. The van der Waals surface area contributed by atoms with Gasteiger partial charge in [-0.2, -0.15) is 5.26 Å². The number of anilines is 4. The first-order valence-corrected chi connectivity index (χ1v) is 8.10. The van der Waals surface area contributed by atoms with Gasteiger partial charge in [-0.05, 0) is 41.8 Å². The Labute approximate surface area is 147 Å². The van der Waals surface area contributed by atoms with Crippen molar-refractivity contribution in [3.63, 3.8) is 0 Å². The van der Waals surface area contributed by atoms with Gasteiger partial charge in [0, 0.05) is 17.4 Å². The van der Waals surface area contributed by atoms with Crippen LogP contribution in [0.3, 0.4) is 0 Å². The number of nitrogens with zero attached hydrogens (tertiary/aromatic N) is 3. The van der Waals surface area contributed by atoms with Gasteiger partial charge >= 0.3 is 0 Å². The third kappa shape index (κ3) is 4.33. The molecule has 0 aliphatic carbocycles. The summed E-state index contributed by atoms with van der Waals surface area (Å²) >= 11 is 0. The molecule has 124 valence electrons. The minimum Gasteiger partial charge on any atom is -0.340 e. The molecule has 0 radical (unpaired) electrons. The minimum atomic E-state index is 0.507. The number of hydrogen-bond acceptors (Lipinski definition) is 5. The average molecular weight is 329 g/mol. The lowest BCUT2D eigenvalue weighted by Gasteiger charge is -2.10. The van der Waals surface area contributed by atoms with E-state index >= 15 is 0 Å². The van der Waals surface area contributed by atoms with E-state index in [4.69, 9.17) is 5.26 Å². The monoisotopic (exact) mass is 329 g/mol. The normalized spacial score (nSPS) is 10.3. The molecule has 1 heterocycles. The zero-order chi connectivity index (χ0) is 17.6. The molecule has 0 atom stereocenters. The lowest BCUT2D eigenvalue weighted by atomic mass is 10.0. The van der Waals surface area contributed by atoms with Crippen LogP contribution in [-0.2, 0) is 0 Å². The van der Waals surface area contributed by atoms with Gasteiger partial charge in [0.1, 0.15) is 18.0 Å². The molecule has 1 aromatic heterocycles. The van der Waals surface area contributed by atoms with E-state index in [1.807, 2.05) is 30.3 Å². The maximum absolute atomic E-state index is 8.98. The molecule has 0 aliphatic heterocycles. The van der Waals surface area contributed by atoms with Crippen LogP contribution in [0, 0.1) is 11.3 Å². The number of nitrogens with one attached hydrogen (secondary N) is 2. The van der Waals surface area contributed by atoms with Crippen molar-refractivity contribution in [2.75, 3.05) is 10.6 Å². The topological polar surface area (TPSA) is 73.6 Å². The highest BCUT2D eigenvalue weighted by Crippen LogP contribution is 2.22. The van der Waals surface area contributed by atoms with Crippen LogP contribution in [0.25, 0.3) is 0 Å². The Hall–Kier alpha value is -3.39. The maximum Gasteiger partial charge on any atom is 0.135 e. The summed E-state index contributed by atoms with van der Waals surface area (Å²) < 4.78 is 0. The lowest BCUT2D eigenvalue weighted by Crippen LogP contribution is -1.99. The summed E-state index contributed by atoms with van der Waals surface area (Å²) in [5.74, 6) is 1.87. The quantitative estimate of drug-likeness (QED) is 0.692. The van der Waals surface area contributed by atoms with Crippen molar-refractivity contribution in [3.8, 4) is 6.07 Å². The van der Waals surface area contributed by atoms with Crippen LogP contribution in [-0.4, -0.2) is 9.97 Å². The molecule has 0 bridgehead atoms. The smallest absolute Gasteiger partial charge is 0.135 e. The van der Waals surface area contributed by atoms with Crippen LogP contribution in [0.15, 0.2) is 60.9 Å². The van der Waals surface area contributed by atoms with E-state index in [0.29, 0.717) is 23.1 Å². The summed E-state index contributed by atoms with van der Waals surface area (Å²) in [4.78, 5) is 8.48. The van der Waals surface area contributed by atoms with Gasteiger partial charge in [0.2, 0.25) is 0 Å². The molecular weight excluding hydrogens is 310 g/mol. The summed E-state index contributed by atoms with van der Waals surface area (Å²) in [7, 11) is 0. The molecule has 0 spiro atoms. The second-order valence-electron chi connectivity index (χ2n) is 6.01. The van der Waals surface area contributed by atoms with Gasteiger partial charge in [-0.3, -0.25) is 0 Å². The highest BCUT2D eigenvalue weighted by Gasteiger charge is 2.03. The first kappa shape index (κ1) is 16.5. The number of hydrogen-bond donors (Lipinski definition) is 2. The highest BCUT2D eigenvalue weighted by molar-refractivity contribution is 5.63. The van der Waals surface area contributed by atoms with Crippen molar-refractivity contribution in [1.29, 1.82) is 5.26 Å². The average Bonchev–Trinajstić information content (AvgIpc) is 2.62.